The first kappa shape index (κ1) is 12.9. The Balaban J connectivity index is 2.86. The molecule has 0 heterocycles. The van der Waals surface area contributed by atoms with Crippen LogP contribution >= 0.6 is 11.6 Å². The van der Waals surface area contributed by atoms with E-state index >= 15 is 0 Å². The van der Waals surface area contributed by atoms with Crippen molar-refractivity contribution in [3.05, 3.63) is 28.8 Å². The minimum Gasteiger partial charge on any atom is -0.497 e. The molecule has 0 amide bonds. The number of hydrogen-bond donors (Lipinski definition) is 0. The van der Waals surface area contributed by atoms with Gasteiger partial charge in [-0.1, -0.05) is 31.5 Å². The summed E-state index contributed by atoms with van der Waals surface area (Å²) in [5.41, 5.74) is 1.00. The number of methoxy groups -OCH3 is 1. The summed E-state index contributed by atoms with van der Waals surface area (Å²) in [6.45, 7) is 4.09. The summed E-state index contributed by atoms with van der Waals surface area (Å²) in [7, 11) is 1.61. The van der Waals surface area contributed by atoms with Crippen LogP contribution in [-0.4, -0.2) is 7.11 Å². The van der Waals surface area contributed by atoms with Crippen LogP contribution in [-0.2, 0) is 6.42 Å². The fourth-order valence-electron chi connectivity index (χ4n) is 1.49. The molecule has 0 aromatic heterocycles. The molecule has 0 aliphatic rings. The van der Waals surface area contributed by atoms with Gasteiger partial charge in [0.05, 0.1) is 19.1 Å². The molecule has 0 saturated carbocycles. The summed E-state index contributed by atoms with van der Waals surface area (Å²) in [5.74, 6) is 1.08. The first-order valence-corrected chi connectivity index (χ1v) is 5.68. The molecule has 0 N–H and O–H groups in total. The van der Waals surface area contributed by atoms with Gasteiger partial charge in [-0.05, 0) is 30.0 Å². The van der Waals surface area contributed by atoms with E-state index in [9.17, 15) is 0 Å². The normalized spacial score (nSPS) is 12.2. The number of ether oxygens (including phenoxy) is 1. The van der Waals surface area contributed by atoms with Crippen LogP contribution in [0.4, 0.5) is 0 Å². The summed E-state index contributed by atoms with van der Waals surface area (Å²) in [4.78, 5) is 0. The molecule has 0 spiro atoms. The number of hydrogen-bond acceptors (Lipinski definition) is 2. The highest BCUT2D eigenvalue weighted by Crippen LogP contribution is 2.26. The molecule has 0 radical (unpaired) electrons. The highest BCUT2D eigenvalue weighted by molar-refractivity contribution is 6.31. The number of halogens is 1. The molecule has 2 nitrogen and oxygen atoms in total. The quantitative estimate of drug-likeness (QED) is 0.800. The largest absolute Gasteiger partial charge is 0.497 e. The van der Waals surface area contributed by atoms with Gasteiger partial charge < -0.3 is 4.74 Å². The van der Waals surface area contributed by atoms with Crippen LogP contribution in [0.3, 0.4) is 0 Å². The topological polar surface area (TPSA) is 33.0 Å². The number of rotatable bonds is 4. The summed E-state index contributed by atoms with van der Waals surface area (Å²) < 4.78 is 5.08. The molecular weight excluding hydrogens is 222 g/mol. The van der Waals surface area contributed by atoms with Crippen LogP contribution in [0.15, 0.2) is 18.2 Å². The predicted molar refractivity (Wildman–Crippen MR) is 65.6 cm³/mol. The molecule has 1 atom stereocenters. The van der Waals surface area contributed by atoms with Crippen LogP contribution in [0.2, 0.25) is 5.02 Å². The average Bonchev–Trinajstić information content (AvgIpc) is 2.26. The monoisotopic (exact) mass is 237 g/mol. The summed E-state index contributed by atoms with van der Waals surface area (Å²) in [5, 5.41) is 9.70. The third-order valence-electron chi connectivity index (χ3n) is 2.67. The third-order valence-corrected chi connectivity index (χ3v) is 3.02. The molecule has 86 valence electrons. The van der Waals surface area contributed by atoms with Crippen molar-refractivity contribution >= 4 is 11.6 Å². The maximum atomic E-state index is 9.03. The molecule has 0 fully saturated rings. The molecule has 0 bridgehead atoms. The van der Waals surface area contributed by atoms with Crippen LogP contribution in [0.1, 0.15) is 19.4 Å². The van der Waals surface area contributed by atoms with Crippen molar-refractivity contribution in [2.24, 2.45) is 11.8 Å². The van der Waals surface area contributed by atoms with Gasteiger partial charge in [0.15, 0.2) is 0 Å². The molecule has 3 heteroatoms. The van der Waals surface area contributed by atoms with Crippen molar-refractivity contribution in [3.8, 4) is 11.8 Å². The number of nitrogens with zero attached hydrogens (tertiary/aromatic N) is 1. The van der Waals surface area contributed by atoms with Gasteiger partial charge in [-0.25, -0.2) is 0 Å². The molecule has 1 unspecified atom stereocenters. The summed E-state index contributed by atoms with van der Waals surface area (Å²) in [6.07, 6.45) is 0.691. The SMILES string of the molecule is COc1ccc(CC(C#N)C(C)C)c(Cl)c1. The van der Waals surface area contributed by atoms with E-state index < -0.39 is 0 Å². The molecule has 0 aliphatic carbocycles. The van der Waals surface area contributed by atoms with Gasteiger partial charge in [-0.2, -0.15) is 5.26 Å². The standard InChI is InChI=1S/C13H16ClNO/c1-9(2)11(8-15)6-10-4-5-12(16-3)7-13(10)14/h4-5,7,9,11H,6H2,1-3H3. The third kappa shape index (κ3) is 3.15. The molecule has 1 aromatic carbocycles. The minimum absolute atomic E-state index is 0.00546. The van der Waals surface area contributed by atoms with Crippen molar-refractivity contribution in [2.75, 3.05) is 7.11 Å². The fourth-order valence-corrected chi connectivity index (χ4v) is 1.74. The van der Waals surface area contributed by atoms with Gasteiger partial charge in [0.1, 0.15) is 5.75 Å². The van der Waals surface area contributed by atoms with E-state index in [4.69, 9.17) is 21.6 Å². The Morgan fingerprint density at radius 1 is 1.44 bits per heavy atom. The second kappa shape index (κ2) is 5.77. The lowest BCUT2D eigenvalue weighted by Crippen LogP contribution is -2.09. The Kier molecular flexibility index (Phi) is 4.64. The first-order valence-electron chi connectivity index (χ1n) is 5.30. The van der Waals surface area contributed by atoms with Crippen LogP contribution < -0.4 is 4.74 Å². The van der Waals surface area contributed by atoms with E-state index in [0.29, 0.717) is 17.4 Å². The fraction of sp³-hybridized carbons (Fsp3) is 0.462. The second-order valence-electron chi connectivity index (χ2n) is 4.14. The summed E-state index contributed by atoms with van der Waals surface area (Å²) in [6, 6.07) is 7.89. The average molecular weight is 238 g/mol. The zero-order chi connectivity index (χ0) is 12.1. The Morgan fingerprint density at radius 2 is 2.12 bits per heavy atom. The van der Waals surface area contributed by atoms with Gasteiger partial charge in [0.25, 0.3) is 0 Å². The Bertz CT molecular complexity index is 395. The molecule has 1 aromatic rings. The number of nitriles is 1. The van der Waals surface area contributed by atoms with Crippen molar-refractivity contribution in [2.45, 2.75) is 20.3 Å². The maximum absolute atomic E-state index is 9.03. The zero-order valence-electron chi connectivity index (χ0n) is 9.83. The Labute approximate surface area is 102 Å². The molecule has 0 aliphatic heterocycles. The van der Waals surface area contributed by atoms with E-state index in [1.54, 1.807) is 13.2 Å². The minimum atomic E-state index is 0.00546. The lowest BCUT2D eigenvalue weighted by molar-refractivity contribution is 0.414. The van der Waals surface area contributed by atoms with E-state index in [1.807, 2.05) is 26.0 Å². The van der Waals surface area contributed by atoms with Crippen molar-refractivity contribution in [1.29, 1.82) is 5.26 Å². The van der Waals surface area contributed by atoms with E-state index in [0.717, 1.165) is 11.3 Å². The second-order valence-corrected chi connectivity index (χ2v) is 4.55. The van der Waals surface area contributed by atoms with Crippen molar-refractivity contribution in [1.82, 2.24) is 0 Å². The molecular formula is C13H16ClNO. The maximum Gasteiger partial charge on any atom is 0.120 e. The highest BCUT2D eigenvalue weighted by Gasteiger charge is 2.15. The van der Waals surface area contributed by atoms with E-state index in [1.165, 1.54) is 0 Å². The Morgan fingerprint density at radius 3 is 2.56 bits per heavy atom. The Hall–Kier alpha value is -1.20. The van der Waals surface area contributed by atoms with E-state index in [2.05, 4.69) is 6.07 Å². The molecule has 1 rings (SSSR count). The smallest absolute Gasteiger partial charge is 0.120 e. The predicted octanol–water partition coefficient (Wildman–Crippen LogP) is 3.69. The van der Waals surface area contributed by atoms with Crippen LogP contribution in [0, 0.1) is 23.2 Å². The van der Waals surface area contributed by atoms with E-state index in [-0.39, 0.29) is 5.92 Å². The number of benzene rings is 1. The zero-order valence-corrected chi connectivity index (χ0v) is 10.6. The van der Waals surface area contributed by atoms with Crippen molar-refractivity contribution < 1.29 is 4.74 Å². The van der Waals surface area contributed by atoms with Gasteiger partial charge in [-0.15, -0.1) is 0 Å². The van der Waals surface area contributed by atoms with Gasteiger partial charge in [0, 0.05) is 5.02 Å². The van der Waals surface area contributed by atoms with Crippen molar-refractivity contribution in [3.63, 3.8) is 0 Å². The first-order chi connectivity index (χ1) is 7.58. The van der Waals surface area contributed by atoms with Gasteiger partial charge in [-0.3, -0.25) is 0 Å². The van der Waals surface area contributed by atoms with Crippen LogP contribution in [0.5, 0.6) is 5.75 Å². The lowest BCUT2D eigenvalue weighted by atomic mass is 9.90. The highest BCUT2D eigenvalue weighted by atomic mass is 35.5. The molecule has 0 saturated heterocycles. The molecule has 16 heavy (non-hydrogen) atoms. The van der Waals surface area contributed by atoms with Gasteiger partial charge >= 0.3 is 0 Å². The summed E-state index contributed by atoms with van der Waals surface area (Å²) >= 11 is 6.12. The van der Waals surface area contributed by atoms with Crippen LogP contribution in [0.25, 0.3) is 0 Å². The van der Waals surface area contributed by atoms with Gasteiger partial charge in [0.2, 0.25) is 0 Å². The lowest BCUT2D eigenvalue weighted by Gasteiger charge is -2.14.